The van der Waals surface area contributed by atoms with Crippen molar-refractivity contribution in [3.8, 4) is 5.75 Å². The first kappa shape index (κ1) is 39.5. The molecule has 13 nitrogen and oxygen atoms in total. The third-order valence-electron chi connectivity index (χ3n) is 8.70. The Hall–Kier alpha value is -5.69. The number of nitrogens with one attached hydrogen (secondary N) is 3. The van der Waals surface area contributed by atoms with Gasteiger partial charge in [-0.25, -0.2) is 9.78 Å². The number of nitrogens with zero attached hydrogens (tertiary/aromatic N) is 3. The van der Waals surface area contributed by atoms with Gasteiger partial charge in [-0.2, -0.15) is 0 Å². The highest BCUT2D eigenvalue weighted by Crippen LogP contribution is 2.26. The monoisotopic (exact) mass is 738 g/mol. The molecule has 2 atom stereocenters. The maximum absolute atomic E-state index is 14.2. The molecule has 0 aliphatic carbocycles. The van der Waals surface area contributed by atoms with Crippen molar-refractivity contribution in [1.82, 2.24) is 25.1 Å². The molecular formula is C41H50N6O7. The van der Waals surface area contributed by atoms with Gasteiger partial charge in [0.05, 0.1) is 19.5 Å². The number of carbonyl (C=O) groups is 4. The lowest BCUT2D eigenvalue weighted by molar-refractivity contribution is -0.135. The first-order chi connectivity index (χ1) is 25.8. The van der Waals surface area contributed by atoms with Crippen LogP contribution in [0.3, 0.4) is 0 Å². The van der Waals surface area contributed by atoms with Crippen LogP contribution in [0.25, 0.3) is 0 Å². The zero-order valence-electron chi connectivity index (χ0n) is 31.5. The van der Waals surface area contributed by atoms with E-state index in [4.69, 9.17) is 14.2 Å². The number of rotatable bonds is 14. The van der Waals surface area contributed by atoms with Crippen LogP contribution in [0.1, 0.15) is 64.6 Å². The van der Waals surface area contributed by atoms with E-state index in [1.54, 1.807) is 31.5 Å². The van der Waals surface area contributed by atoms with Crippen LogP contribution in [-0.4, -0.2) is 81.2 Å². The molecule has 286 valence electrons. The number of piperidine rings is 1. The number of aromatic nitrogens is 2. The van der Waals surface area contributed by atoms with Crippen molar-refractivity contribution >= 4 is 29.6 Å². The smallest absolute Gasteiger partial charge is 0.408 e. The second kappa shape index (κ2) is 17.9. The summed E-state index contributed by atoms with van der Waals surface area (Å²) in [5.41, 5.74) is -0.558. The van der Waals surface area contributed by atoms with Crippen molar-refractivity contribution in [2.75, 3.05) is 25.0 Å². The Labute approximate surface area is 316 Å². The molecule has 1 aliphatic heterocycles. The molecule has 0 spiro atoms. The van der Waals surface area contributed by atoms with E-state index in [0.717, 1.165) is 16.9 Å². The van der Waals surface area contributed by atoms with Crippen LogP contribution in [-0.2, 0) is 30.5 Å². The number of imidazole rings is 1. The highest BCUT2D eigenvalue weighted by Gasteiger charge is 2.35. The molecule has 0 radical (unpaired) electrons. The Morgan fingerprint density at radius 2 is 1.46 bits per heavy atom. The van der Waals surface area contributed by atoms with Gasteiger partial charge in [-0.15, -0.1) is 0 Å². The summed E-state index contributed by atoms with van der Waals surface area (Å²) in [4.78, 5) is 60.1. The first-order valence-electron chi connectivity index (χ1n) is 18.1. The molecule has 4 aromatic rings. The molecule has 0 saturated carbocycles. The molecule has 2 heterocycles. The third-order valence-corrected chi connectivity index (χ3v) is 8.70. The number of hydrogen-bond donors (Lipinski definition) is 3. The minimum absolute atomic E-state index is 0.00506. The van der Waals surface area contributed by atoms with E-state index in [0.29, 0.717) is 25.9 Å². The minimum atomic E-state index is -1.44. The quantitative estimate of drug-likeness (QED) is 0.154. The van der Waals surface area contributed by atoms with Gasteiger partial charge in [-0.05, 0) is 57.9 Å². The van der Waals surface area contributed by atoms with Crippen molar-refractivity contribution in [1.29, 1.82) is 0 Å². The first-order valence-corrected chi connectivity index (χ1v) is 18.1. The van der Waals surface area contributed by atoms with Gasteiger partial charge in [-0.3, -0.25) is 14.4 Å². The van der Waals surface area contributed by atoms with Crippen molar-refractivity contribution in [3.63, 3.8) is 0 Å². The molecule has 13 heteroatoms. The van der Waals surface area contributed by atoms with Crippen LogP contribution in [0.2, 0.25) is 0 Å². The van der Waals surface area contributed by atoms with Gasteiger partial charge in [-0.1, -0.05) is 78.9 Å². The van der Waals surface area contributed by atoms with E-state index >= 15 is 0 Å². The van der Waals surface area contributed by atoms with Crippen molar-refractivity contribution in [2.45, 2.75) is 83.4 Å². The molecule has 1 aliphatic rings. The Balaban J connectivity index is 1.28. The number of ether oxygens (including phenoxy) is 3. The summed E-state index contributed by atoms with van der Waals surface area (Å²) >= 11 is 0. The van der Waals surface area contributed by atoms with Gasteiger partial charge < -0.3 is 39.6 Å². The van der Waals surface area contributed by atoms with Crippen LogP contribution in [0.4, 0.5) is 10.6 Å². The maximum Gasteiger partial charge on any atom is 0.408 e. The number of hydrogen-bond acceptors (Lipinski definition) is 8. The zero-order chi connectivity index (χ0) is 38.7. The highest BCUT2D eigenvalue weighted by molar-refractivity contribution is 5.98. The van der Waals surface area contributed by atoms with E-state index in [-0.39, 0.29) is 31.0 Å². The molecule has 1 saturated heterocycles. The van der Waals surface area contributed by atoms with Gasteiger partial charge in [0.1, 0.15) is 35.1 Å². The fraction of sp³-hybridized carbons (Fsp3) is 0.390. The lowest BCUT2D eigenvalue weighted by Gasteiger charge is -2.34. The van der Waals surface area contributed by atoms with E-state index in [1.807, 2.05) is 95.9 Å². The van der Waals surface area contributed by atoms with Crippen molar-refractivity contribution in [3.05, 3.63) is 115 Å². The summed E-state index contributed by atoms with van der Waals surface area (Å²) in [6.07, 6.45) is 3.71. The standard InChI is InChI=1S/C41H50N6O7/c1-40(2,3)54-39(51)45-41(4,5)38(50)43-33(27-52-26-29-15-9-6-10-16-29)36(48)44-34-25-47(28-42-34)35(30-17-11-7-12-18-30)37(49)46-23-21-32(22-24-46)53-31-19-13-8-14-20-31/h6-20,25,28,32-33,35H,21-24,26-27H2,1-5H3,(H,43,50)(H,44,48)(H,45,51)/t33-,35?/m1/s1. The minimum Gasteiger partial charge on any atom is -0.490 e. The van der Waals surface area contributed by atoms with Crippen LogP contribution < -0.4 is 20.7 Å². The van der Waals surface area contributed by atoms with Crippen LogP contribution in [0.5, 0.6) is 5.75 Å². The SMILES string of the molecule is CC(C)(C)OC(=O)NC(C)(C)C(=O)N[C@H](COCc1ccccc1)C(=O)Nc1cn(C(C(=O)N2CCC(Oc3ccccc3)CC2)c2ccccc2)cn1. The molecule has 4 amide bonds. The number of carbonyl (C=O) groups excluding carboxylic acids is 4. The van der Waals surface area contributed by atoms with E-state index in [9.17, 15) is 19.2 Å². The lowest BCUT2D eigenvalue weighted by Crippen LogP contribution is -2.59. The summed E-state index contributed by atoms with van der Waals surface area (Å²) in [5, 5.41) is 8.06. The predicted octanol–water partition coefficient (Wildman–Crippen LogP) is 5.49. The van der Waals surface area contributed by atoms with Crippen LogP contribution >= 0.6 is 0 Å². The third kappa shape index (κ3) is 11.4. The summed E-state index contributed by atoms with van der Waals surface area (Å²) in [6.45, 7) is 9.25. The number of para-hydroxylation sites is 1. The van der Waals surface area contributed by atoms with Gasteiger partial charge >= 0.3 is 6.09 Å². The van der Waals surface area contributed by atoms with Crippen LogP contribution in [0, 0.1) is 0 Å². The van der Waals surface area contributed by atoms with E-state index in [2.05, 4.69) is 20.9 Å². The second-order valence-corrected chi connectivity index (χ2v) is 14.7. The molecular weight excluding hydrogens is 688 g/mol. The van der Waals surface area contributed by atoms with Gasteiger partial charge in [0.25, 0.3) is 5.91 Å². The van der Waals surface area contributed by atoms with Gasteiger partial charge in [0.15, 0.2) is 5.82 Å². The average Bonchev–Trinajstić information content (AvgIpc) is 3.59. The topological polar surface area (TPSA) is 153 Å². The summed E-state index contributed by atoms with van der Waals surface area (Å²) in [6, 6.07) is 26.6. The fourth-order valence-corrected chi connectivity index (χ4v) is 5.90. The zero-order valence-corrected chi connectivity index (χ0v) is 31.5. The Bertz CT molecular complexity index is 1840. The van der Waals surface area contributed by atoms with Gasteiger partial charge in [0, 0.05) is 32.1 Å². The highest BCUT2D eigenvalue weighted by atomic mass is 16.6. The van der Waals surface area contributed by atoms with Crippen molar-refractivity contribution in [2.24, 2.45) is 0 Å². The number of likely N-dealkylation sites (tertiary alicyclic amines) is 1. The van der Waals surface area contributed by atoms with Crippen LogP contribution in [0.15, 0.2) is 104 Å². The molecule has 5 rings (SSSR count). The molecule has 1 unspecified atom stereocenters. The molecule has 3 N–H and O–H groups in total. The largest absolute Gasteiger partial charge is 0.490 e. The Morgan fingerprint density at radius 1 is 0.852 bits per heavy atom. The molecule has 1 fully saturated rings. The number of benzene rings is 3. The fourth-order valence-electron chi connectivity index (χ4n) is 5.90. The molecule has 0 bridgehead atoms. The summed E-state index contributed by atoms with van der Waals surface area (Å²) in [5.74, 6) is -0.345. The molecule has 1 aromatic heterocycles. The van der Waals surface area contributed by atoms with E-state index < -0.39 is 41.1 Å². The molecule has 3 aromatic carbocycles. The van der Waals surface area contributed by atoms with Crippen molar-refractivity contribution < 1.29 is 33.4 Å². The molecule has 54 heavy (non-hydrogen) atoms. The normalized spacial score (nSPS) is 14.7. The second-order valence-electron chi connectivity index (χ2n) is 14.7. The number of alkyl carbamates (subject to hydrolysis) is 1. The van der Waals surface area contributed by atoms with E-state index in [1.165, 1.54) is 20.2 Å². The number of amides is 4. The predicted molar refractivity (Wildman–Crippen MR) is 204 cm³/mol. The summed E-state index contributed by atoms with van der Waals surface area (Å²) < 4.78 is 19.0. The number of anilines is 1. The Kier molecular flexibility index (Phi) is 13.1. The Morgan fingerprint density at radius 3 is 2.09 bits per heavy atom. The van der Waals surface area contributed by atoms with Gasteiger partial charge in [0.2, 0.25) is 11.8 Å². The average molecular weight is 739 g/mol. The summed E-state index contributed by atoms with van der Waals surface area (Å²) in [7, 11) is 0. The maximum atomic E-state index is 14.2. The lowest BCUT2D eigenvalue weighted by atomic mass is 10.0.